The van der Waals surface area contributed by atoms with Gasteiger partial charge in [-0.15, -0.1) is 24.0 Å². The quantitative estimate of drug-likeness (QED) is 0.290. The third kappa shape index (κ3) is 7.40. The van der Waals surface area contributed by atoms with Gasteiger partial charge in [0.25, 0.3) is 0 Å². The van der Waals surface area contributed by atoms with E-state index in [4.69, 9.17) is 4.99 Å². The van der Waals surface area contributed by atoms with Crippen LogP contribution in [0.1, 0.15) is 52.9 Å². The van der Waals surface area contributed by atoms with Gasteiger partial charge in [0, 0.05) is 38.1 Å². The second kappa shape index (κ2) is 11.7. The van der Waals surface area contributed by atoms with Gasteiger partial charge in [0.15, 0.2) is 5.96 Å². The maximum Gasteiger partial charge on any atom is 0.191 e. The van der Waals surface area contributed by atoms with Crippen LogP contribution in [0.3, 0.4) is 0 Å². The fourth-order valence-electron chi connectivity index (χ4n) is 3.30. The summed E-state index contributed by atoms with van der Waals surface area (Å²) in [5.74, 6) is 2.70. The molecule has 2 rings (SSSR count). The minimum absolute atomic E-state index is 0. The van der Waals surface area contributed by atoms with E-state index in [1.165, 1.54) is 25.7 Å². The van der Waals surface area contributed by atoms with E-state index < -0.39 is 0 Å². The zero-order chi connectivity index (χ0) is 16.5. The fraction of sp³-hybridized carbons (Fsp3) is 0.778. The van der Waals surface area contributed by atoms with Crippen molar-refractivity contribution >= 4 is 29.9 Å². The number of nitrogens with one attached hydrogen (secondary N) is 2. The van der Waals surface area contributed by atoms with Crippen LogP contribution in [0.25, 0.3) is 0 Å². The molecule has 1 aliphatic carbocycles. The van der Waals surface area contributed by atoms with E-state index in [0.29, 0.717) is 6.04 Å². The van der Waals surface area contributed by atoms with Crippen LogP contribution in [0, 0.1) is 11.8 Å². The maximum absolute atomic E-state index is 4.71. The summed E-state index contributed by atoms with van der Waals surface area (Å²) in [5.41, 5.74) is 0. The average Bonchev–Trinajstić information content (AvgIpc) is 3.05. The Morgan fingerprint density at radius 2 is 2.04 bits per heavy atom. The highest BCUT2D eigenvalue weighted by atomic mass is 127. The Labute approximate surface area is 164 Å². The molecular weight excluding hydrogens is 413 g/mol. The van der Waals surface area contributed by atoms with Crippen LogP contribution in [0.5, 0.6) is 0 Å². The summed E-state index contributed by atoms with van der Waals surface area (Å²) in [6.07, 6.45) is 10.0. The number of halogens is 1. The highest BCUT2D eigenvalue weighted by Gasteiger charge is 2.23. The van der Waals surface area contributed by atoms with E-state index in [1.54, 1.807) is 0 Å². The van der Waals surface area contributed by atoms with Crippen molar-refractivity contribution in [2.24, 2.45) is 16.8 Å². The molecule has 0 atom stereocenters. The standard InChI is InChI=1S/C18H33N5.HI/c1-4-19-18(20-11-5-13-23-14-6-12-21-23)22-17-9-7-16(8-10-17)15(2)3;/h6,12,14-17H,4-5,7-11,13H2,1-3H3,(H2,19,20,22);1H. The molecule has 0 unspecified atom stereocenters. The lowest BCUT2D eigenvalue weighted by molar-refractivity contribution is 0.250. The zero-order valence-electron chi connectivity index (χ0n) is 15.4. The monoisotopic (exact) mass is 447 g/mol. The Kier molecular flexibility index (Phi) is 10.4. The number of nitrogens with zero attached hydrogens (tertiary/aromatic N) is 3. The predicted octanol–water partition coefficient (Wildman–Crippen LogP) is 3.66. The summed E-state index contributed by atoms with van der Waals surface area (Å²) in [7, 11) is 0. The molecule has 0 spiro atoms. The first-order valence-corrected chi connectivity index (χ1v) is 9.21. The fourth-order valence-corrected chi connectivity index (χ4v) is 3.30. The van der Waals surface area contributed by atoms with Gasteiger partial charge in [0.1, 0.15) is 0 Å². The topological polar surface area (TPSA) is 54.2 Å². The van der Waals surface area contributed by atoms with E-state index in [9.17, 15) is 0 Å². The molecule has 0 amide bonds. The van der Waals surface area contributed by atoms with Gasteiger partial charge in [-0.25, -0.2) is 0 Å². The van der Waals surface area contributed by atoms with Crippen molar-refractivity contribution in [3.8, 4) is 0 Å². The predicted molar refractivity (Wildman–Crippen MR) is 112 cm³/mol. The molecule has 1 aromatic heterocycles. The van der Waals surface area contributed by atoms with Crippen LogP contribution >= 0.6 is 24.0 Å². The summed E-state index contributed by atoms with van der Waals surface area (Å²) >= 11 is 0. The Morgan fingerprint density at radius 1 is 1.29 bits per heavy atom. The van der Waals surface area contributed by atoms with Crippen molar-refractivity contribution < 1.29 is 0 Å². The molecule has 5 nitrogen and oxygen atoms in total. The minimum atomic E-state index is 0. The van der Waals surface area contributed by atoms with E-state index in [-0.39, 0.29) is 24.0 Å². The summed E-state index contributed by atoms with van der Waals surface area (Å²) in [6, 6.07) is 2.54. The second-order valence-corrected chi connectivity index (χ2v) is 6.88. The van der Waals surface area contributed by atoms with Gasteiger partial charge in [0.05, 0.1) is 0 Å². The smallest absolute Gasteiger partial charge is 0.191 e. The van der Waals surface area contributed by atoms with Crippen molar-refractivity contribution in [1.29, 1.82) is 0 Å². The summed E-state index contributed by atoms with van der Waals surface area (Å²) in [6.45, 7) is 9.49. The molecule has 24 heavy (non-hydrogen) atoms. The van der Waals surface area contributed by atoms with Crippen LogP contribution in [-0.2, 0) is 6.54 Å². The molecule has 2 N–H and O–H groups in total. The number of hydrogen-bond donors (Lipinski definition) is 2. The number of aromatic nitrogens is 2. The molecule has 0 saturated heterocycles. The highest BCUT2D eigenvalue weighted by Crippen LogP contribution is 2.29. The first-order chi connectivity index (χ1) is 11.2. The molecule has 0 bridgehead atoms. The van der Waals surface area contributed by atoms with Gasteiger partial charge in [-0.1, -0.05) is 13.8 Å². The number of aliphatic imine (C=N–C) groups is 1. The highest BCUT2D eigenvalue weighted by molar-refractivity contribution is 14.0. The third-order valence-corrected chi connectivity index (χ3v) is 4.77. The zero-order valence-corrected chi connectivity index (χ0v) is 17.7. The van der Waals surface area contributed by atoms with Crippen molar-refractivity contribution in [2.75, 3.05) is 13.1 Å². The van der Waals surface area contributed by atoms with E-state index >= 15 is 0 Å². The second-order valence-electron chi connectivity index (χ2n) is 6.88. The lowest BCUT2D eigenvalue weighted by Gasteiger charge is -2.32. The molecule has 0 radical (unpaired) electrons. The molecule has 0 aliphatic heterocycles. The number of guanidine groups is 1. The first-order valence-electron chi connectivity index (χ1n) is 9.21. The average molecular weight is 447 g/mol. The van der Waals surface area contributed by atoms with Gasteiger partial charge in [0.2, 0.25) is 0 Å². The van der Waals surface area contributed by atoms with Crippen LogP contribution in [0.4, 0.5) is 0 Å². The van der Waals surface area contributed by atoms with Crippen molar-refractivity contribution in [3.05, 3.63) is 18.5 Å². The maximum atomic E-state index is 4.71. The molecule has 1 aromatic rings. The number of hydrogen-bond acceptors (Lipinski definition) is 2. The molecule has 0 aromatic carbocycles. The van der Waals surface area contributed by atoms with E-state index in [2.05, 4.69) is 36.5 Å². The molecule has 6 heteroatoms. The lowest BCUT2D eigenvalue weighted by Crippen LogP contribution is -2.45. The van der Waals surface area contributed by atoms with Gasteiger partial charge in [-0.05, 0) is 56.9 Å². The summed E-state index contributed by atoms with van der Waals surface area (Å²) in [4.78, 5) is 4.71. The molecular formula is C18H34IN5. The van der Waals surface area contributed by atoms with Gasteiger partial charge in [-0.3, -0.25) is 9.67 Å². The number of rotatable bonds is 7. The van der Waals surface area contributed by atoms with Crippen LogP contribution in [-0.4, -0.2) is 34.9 Å². The molecule has 1 saturated carbocycles. The molecule has 1 heterocycles. The van der Waals surface area contributed by atoms with E-state index in [1.807, 2.05) is 23.1 Å². The van der Waals surface area contributed by atoms with Gasteiger partial charge >= 0.3 is 0 Å². The Hall–Kier alpha value is -0.790. The first kappa shape index (κ1) is 21.3. The molecule has 1 fully saturated rings. The van der Waals surface area contributed by atoms with Crippen LogP contribution in [0.15, 0.2) is 23.5 Å². The minimum Gasteiger partial charge on any atom is -0.357 e. The Bertz CT molecular complexity index is 450. The molecule has 1 aliphatic rings. The number of aryl methyl sites for hydroxylation is 1. The SMILES string of the molecule is CCNC(=NCCCn1cccn1)NC1CCC(C(C)C)CC1.I. The molecule has 138 valence electrons. The Morgan fingerprint density at radius 3 is 2.62 bits per heavy atom. The normalized spacial score (nSPS) is 21.4. The lowest BCUT2D eigenvalue weighted by atomic mass is 9.80. The van der Waals surface area contributed by atoms with Crippen molar-refractivity contribution in [3.63, 3.8) is 0 Å². The summed E-state index contributed by atoms with van der Waals surface area (Å²) in [5, 5.41) is 11.2. The van der Waals surface area contributed by atoms with Crippen molar-refractivity contribution in [2.45, 2.75) is 65.5 Å². The van der Waals surface area contributed by atoms with Crippen LogP contribution in [0.2, 0.25) is 0 Å². The van der Waals surface area contributed by atoms with Crippen molar-refractivity contribution in [1.82, 2.24) is 20.4 Å². The van der Waals surface area contributed by atoms with Crippen LogP contribution < -0.4 is 10.6 Å². The van der Waals surface area contributed by atoms with Gasteiger partial charge in [-0.2, -0.15) is 5.10 Å². The van der Waals surface area contributed by atoms with E-state index in [0.717, 1.165) is 43.9 Å². The van der Waals surface area contributed by atoms with Gasteiger partial charge < -0.3 is 10.6 Å². The largest absolute Gasteiger partial charge is 0.357 e. The third-order valence-electron chi connectivity index (χ3n) is 4.77. The summed E-state index contributed by atoms with van der Waals surface area (Å²) < 4.78 is 1.96. The Balaban J connectivity index is 0.00000288.